The van der Waals surface area contributed by atoms with Gasteiger partial charge in [-0.15, -0.1) is 0 Å². The lowest BCUT2D eigenvalue weighted by Gasteiger charge is -2.27. The topological polar surface area (TPSA) is 83.2 Å². The van der Waals surface area contributed by atoms with Crippen molar-refractivity contribution < 1.29 is 5.11 Å². The Morgan fingerprint density at radius 2 is 2.06 bits per heavy atom. The molecule has 0 atom stereocenters. The maximum atomic E-state index is 9.41. The van der Waals surface area contributed by atoms with E-state index < -0.39 is 0 Å². The van der Waals surface area contributed by atoms with Gasteiger partial charge < -0.3 is 15.8 Å². The third-order valence-electron chi connectivity index (χ3n) is 2.98. The predicted molar refractivity (Wildman–Crippen MR) is 63.9 cm³/mol. The quantitative estimate of drug-likeness (QED) is 0.454. The zero-order valence-corrected chi connectivity index (χ0v) is 9.19. The fraction of sp³-hybridized carbons (Fsp3) is 0.545. The van der Waals surface area contributed by atoms with Crippen molar-refractivity contribution in [2.24, 2.45) is 5.84 Å². The van der Waals surface area contributed by atoms with Crippen molar-refractivity contribution in [3.8, 4) is 0 Å². The molecule has 1 aliphatic rings. The number of nitrogen functional groups attached to an aromatic ring is 1. The minimum Gasteiger partial charge on any atom is -0.393 e. The SMILES string of the molecule is NNc1cc(NC2CCC(O)CC2)ccn1. The molecule has 0 amide bonds. The molecule has 1 heterocycles. The Labute approximate surface area is 95.0 Å². The number of aliphatic hydroxyl groups excluding tert-OH is 1. The highest BCUT2D eigenvalue weighted by atomic mass is 16.3. The number of hydrazine groups is 1. The first-order chi connectivity index (χ1) is 7.78. The second-order valence-electron chi connectivity index (χ2n) is 4.22. The maximum Gasteiger partial charge on any atom is 0.141 e. The lowest BCUT2D eigenvalue weighted by atomic mass is 9.93. The Kier molecular flexibility index (Phi) is 3.58. The van der Waals surface area contributed by atoms with E-state index >= 15 is 0 Å². The van der Waals surface area contributed by atoms with Crippen LogP contribution in [0, 0.1) is 0 Å². The summed E-state index contributed by atoms with van der Waals surface area (Å²) >= 11 is 0. The molecule has 2 rings (SSSR count). The number of anilines is 2. The average molecular weight is 222 g/mol. The summed E-state index contributed by atoms with van der Waals surface area (Å²) in [5.41, 5.74) is 3.54. The highest BCUT2D eigenvalue weighted by Gasteiger charge is 2.18. The number of pyridine rings is 1. The molecule has 0 aromatic carbocycles. The van der Waals surface area contributed by atoms with Gasteiger partial charge in [-0.25, -0.2) is 10.8 Å². The number of aliphatic hydroxyl groups is 1. The molecule has 0 aliphatic heterocycles. The molecule has 88 valence electrons. The van der Waals surface area contributed by atoms with Gasteiger partial charge in [0, 0.05) is 24.0 Å². The van der Waals surface area contributed by atoms with Gasteiger partial charge in [-0.2, -0.15) is 0 Å². The number of nitrogens with zero attached hydrogens (tertiary/aromatic N) is 1. The van der Waals surface area contributed by atoms with Crippen LogP contribution in [0.3, 0.4) is 0 Å². The van der Waals surface area contributed by atoms with Crippen LogP contribution in [0.1, 0.15) is 25.7 Å². The first-order valence-electron chi connectivity index (χ1n) is 5.65. The molecule has 16 heavy (non-hydrogen) atoms. The van der Waals surface area contributed by atoms with Gasteiger partial charge in [0.05, 0.1) is 6.10 Å². The lowest BCUT2D eigenvalue weighted by Crippen LogP contribution is -2.28. The van der Waals surface area contributed by atoms with Crippen molar-refractivity contribution >= 4 is 11.5 Å². The molecule has 0 bridgehead atoms. The largest absolute Gasteiger partial charge is 0.393 e. The molecule has 1 fully saturated rings. The first kappa shape index (κ1) is 11.2. The third kappa shape index (κ3) is 2.84. The molecule has 5 nitrogen and oxygen atoms in total. The Balaban J connectivity index is 1.93. The third-order valence-corrected chi connectivity index (χ3v) is 2.98. The van der Waals surface area contributed by atoms with E-state index in [1.54, 1.807) is 6.20 Å². The Morgan fingerprint density at radius 3 is 2.75 bits per heavy atom. The first-order valence-corrected chi connectivity index (χ1v) is 5.65. The van der Waals surface area contributed by atoms with Gasteiger partial charge in [-0.1, -0.05) is 0 Å². The smallest absolute Gasteiger partial charge is 0.141 e. The second kappa shape index (κ2) is 5.14. The Bertz CT molecular complexity index is 337. The van der Waals surface area contributed by atoms with Crippen LogP contribution in [-0.2, 0) is 0 Å². The lowest BCUT2D eigenvalue weighted by molar-refractivity contribution is 0.126. The van der Waals surface area contributed by atoms with E-state index in [-0.39, 0.29) is 6.10 Å². The van der Waals surface area contributed by atoms with Crippen molar-refractivity contribution in [1.82, 2.24) is 4.98 Å². The van der Waals surface area contributed by atoms with Crippen LogP contribution in [0.2, 0.25) is 0 Å². The van der Waals surface area contributed by atoms with E-state index in [9.17, 15) is 5.11 Å². The number of hydrogen-bond acceptors (Lipinski definition) is 5. The molecule has 5 heteroatoms. The molecule has 0 unspecified atom stereocenters. The number of rotatable bonds is 3. The zero-order valence-electron chi connectivity index (χ0n) is 9.19. The Hall–Kier alpha value is -1.33. The normalized spacial score (nSPS) is 25.1. The van der Waals surface area contributed by atoms with Crippen molar-refractivity contribution in [2.75, 3.05) is 10.7 Å². The molecule has 0 radical (unpaired) electrons. The van der Waals surface area contributed by atoms with Gasteiger partial charge in [0.25, 0.3) is 0 Å². The minimum atomic E-state index is -0.114. The maximum absolute atomic E-state index is 9.41. The predicted octanol–water partition coefficient (Wildman–Crippen LogP) is 1.08. The summed E-state index contributed by atoms with van der Waals surface area (Å²) in [6.45, 7) is 0. The number of hydrogen-bond donors (Lipinski definition) is 4. The molecule has 0 saturated heterocycles. The monoisotopic (exact) mass is 222 g/mol. The van der Waals surface area contributed by atoms with Crippen LogP contribution in [-0.4, -0.2) is 22.2 Å². The van der Waals surface area contributed by atoms with E-state index in [2.05, 4.69) is 15.7 Å². The fourth-order valence-corrected chi connectivity index (χ4v) is 2.06. The van der Waals surface area contributed by atoms with Crippen molar-refractivity contribution in [3.05, 3.63) is 18.3 Å². The summed E-state index contributed by atoms with van der Waals surface area (Å²) in [5, 5.41) is 12.8. The van der Waals surface area contributed by atoms with E-state index in [0.29, 0.717) is 11.9 Å². The number of nitrogens with two attached hydrogens (primary N) is 1. The molecular weight excluding hydrogens is 204 g/mol. The van der Waals surface area contributed by atoms with Gasteiger partial charge >= 0.3 is 0 Å². The van der Waals surface area contributed by atoms with Crippen LogP contribution < -0.4 is 16.6 Å². The average Bonchev–Trinajstić information content (AvgIpc) is 2.32. The zero-order chi connectivity index (χ0) is 11.4. The number of nitrogens with one attached hydrogen (secondary N) is 2. The van der Waals surface area contributed by atoms with Crippen LogP contribution >= 0.6 is 0 Å². The van der Waals surface area contributed by atoms with Gasteiger partial charge in [0.15, 0.2) is 0 Å². The molecule has 0 spiro atoms. The molecule has 1 saturated carbocycles. The molecular formula is C11H18N4O. The highest BCUT2D eigenvalue weighted by molar-refractivity contribution is 5.51. The van der Waals surface area contributed by atoms with E-state index in [4.69, 9.17) is 5.84 Å². The van der Waals surface area contributed by atoms with Gasteiger partial charge in [0.2, 0.25) is 0 Å². The van der Waals surface area contributed by atoms with E-state index in [1.165, 1.54) is 0 Å². The minimum absolute atomic E-state index is 0.114. The van der Waals surface area contributed by atoms with Crippen LogP contribution in [0.15, 0.2) is 18.3 Å². The standard InChI is InChI=1S/C11H18N4O/c12-15-11-7-9(5-6-13-11)14-8-1-3-10(16)4-2-8/h5-8,10,16H,1-4,12H2,(H2,13,14,15). The molecule has 1 aliphatic carbocycles. The summed E-state index contributed by atoms with van der Waals surface area (Å²) in [4.78, 5) is 4.05. The number of aromatic nitrogens is 1. The second-order valence-corrected chi connectivity index (χ2v) is 4.22. The van der Waals surface area contributed by atoms with E-state index in [1.807, 2.05) is 12.1 Å². The van der Waals surface area contributed by atoms with Crippen molar-refractivity contribution in [2.45, 2.75) is 37.8 Å². The van der Waals surface area contributed by atoms with Crippen LogP contribution in [0.25, 0.3) is 0 Å². The summed E-state index contributed by atoms with van der Waals surface area (Å²) in [7, 11) is 0. The Morgan fingerprint density at radius 1 is 1.31 bits per heavy atom. The summed E-state index contributed by atoms with van der Waals surface area (Å²) in [5.74, 6) is 5.95. The fourth-order valence-electron chi connectivity index (χ4n) is 2.06. The summed E-state index contributed by atoms with van der Waals surface area (Å²) in [6.07, 6.45) is 5.38. The summed E-state index contributed by atoms with van der Waals surface area (Å²) in [6, 6.07) is 4.24. The van der Waals surface area contributed by atoms with E-state index in [0.717, 1.165) is 31.4 Å². The summed E-state index contributed by atoms with van der Waals surface area (Å²) < 4.78 is 0. The highest BCUT2D eigenvalue weighted by Crippen LogP contribution is 2.22. The molecule has 1 aromatic heterocycles. The molecule has 5 N–H and O–H groups in total. The van der Waals surface area contributed by atoms with Crippen LogP contribution in [0.4, 0.5) is 11.5 Å². The van der Waals surface area contributed by atoms with Gasteiger partial charge in [-0.3, -0.25) is 0 Å². The van der Waals surface area contributed by atoms with Gasteiger partial charge in [-0.05, 0) is 31.7 Å². The molecule has 1 aromatic rings. The van der Waals surface area contributed by atoms with Crippen molar-refractivity contribution in [3.63, 3.8) is 0 Å². The van der Waals surface area contributed by atoms with Crippen LogP contribution in [0.5, 0.6) is 0 Å². The van der Waals surface area contributed by atoms with Crippen molar-refractivity contribution in [1.29, 1.82) is 0 Å². The van der Waals surface area contributed by atoms with Gasteiger partial charge in [0.1, 0.15) is 5.82 Å².